The number of aliphatic imine (C=N–C) groups is 1. The third-order valence-electron chi connectivity index (χ3n) is 5.66. The first-order chi connectivity index (χ1) is 15.0. The molecule has 0 N–H and O–H groups in total. The highest BCUT2D eigenvalue weighted by molar-refractivity contribution is 6.30. The highest BCUT2D eigenvalue weighted by Gasteiger charge is 2.43. The summed E-state index contributed by atoms with van der Waals surface area (Å²) in [5, 5.41) is 0.562. The van der Waals surface area contributed by atoms with Crippen LogP contribution in [-0.4, -0.2) is 30.7 Å². The van der Waals surface area contributed by atoms with Gasteiger partial charge in [-0.1, -0.05) is 41.9 Å². The van der Waals surface area contributed by atoms with Gasteiger partial charge in [0, 0.05) is 28.8 Å². The van der Waals surface area contributed by atoms with Crippen LogP contribution in [0.3, 0.4) is 0 Å². The number of fused-ring (bicyclic) bond motifs is 1. The minimum Gasteiger partial charge on any atom is -0.490 e. The van der Waals surface area contributed by atoms with Crippen LogP contribution in [-0.2, 0) is 14.3 Å². The molecule has 0 amide bonds. The summed E-state index contributed by atoms with van der Waals surface area (Å²) >= 11 is 6.24. The Morgan fingerprint density at radius 1 is 1.06 bits per heavy atom. The molecule has 2 aromatic rings. The van der Waals surface area contributed by atoms with Crippen LogP contribution in [0.5, 0.6) is 5.75 Å². The average molecular weight is 438 g/mol. The summed E-state index contributed by atoms with van der Waals surface area (Å²) < 4.78 is 11.1. The SMILES string of the molecule is CC1=C(C(=O)OCCOc2ccccc2)C(c2cccc(Cl)c2)C2C(=O)CCCC2=N1. The summed E-state index contributed by atoms with van der Waals surface area (Å²) in [5.41, 5.74) is 2.69. The molecular weight excluding hydrogens is 414 g/mol. The number of esters is 1. The third kappa shape index (κ3) is 4.72. The topological polar surface area (TPSA) is 65.0 Å². The van der Waals surface area contributed by atoms with Gasteiger partial charge in [0.15, 0.2) is 0 Å². The maximum absolute atomic E-state index is 13.1. The summed E-state index contributed by atoms with van der Waals surface area (Å²) in [6.07, 6.45) is 2.05. The van der Waals surface area contributed by atoms with Gasteiger partial charge < -0.3 is 9.47 Å². The van der Waals surface area contributed by atoms with Gasteiger partial charge in [0.1, 0.15) is 24.7 Å². The predicted molar refractivity (Wildman–Crippen MR) is 120 cm³/mol. The van der Waals surface area contributed by atoms with Crippen LogP contribution in [0.4, 0.5) is 0 Å². The molecular formula is C25H24ClNO4. The lowest BCUT2D eigenvalue weighted by Gasteiger charge is -2.35. The number of para-hydroxylation sites is 1. The smallest absolute Gasteiger partial charge is 0.336 e. The molecule has 1 aliphatic heterocycles. The van der Waals surface area contributed by atoms with E-state index in [9.17, 15) is 9.59 Å². The van der Waals surface area contributed by atoms with E-state index in [0.717, 1.165) is 24.1 Å². The minimum atomic E-state index is -0.472. The Balaban J connectivity index is 1.57. The van der Waals surface area contributed by atoms with Gasteiger partial charge in [0.25, 0.3) is 0 Å². The van der Waals surface area contributed by atoms with Crippen molar-refractivity contribution in [1.82, 2.24) is 0 Å². The van der Waals surface area contributed by atoms with E-state index in [2.05, 4.69) is 4.99 Å². The number of hydrogen-bond acceptors (Lipinski definition) is 5. The molecule has 1 fully saturated rings. The van der Waals surface area contributed by atoms with Crippen molar-refractivity contribution in [1.29, 1.82) is 0 Å². The molecule has 0 aromatic heterocycles. The molecule has 31 heavy (non-hydrogen) atoms. The molecule has 4 rings (SSSR count). The van der Waals surface area contributed by atoms with Gasteiger partial charge in [0.05, 0.1) is 11.5 Å². The van der Waals surface area contributed by atoms with E-state index in [1.165, 1.54) is 0 Å². The van der Waals surface area contributed by atoms with Crippen molar-refractivity contribution in [3.8, 4) is 5.75 Å². The number of ether oxygens (including phenoxy) is 2. The number of carbonyl (C=O) groups excluding carboxylic acids is 2. The largest absolute Gasteiger partial charge is 0.490 e. The van der Waals surface area contributed by atoms with Crippen molar-refractivity contribution >= 4 is 29.1 Å². The molecule has 2 aliphatic rings. The minimum absolute atomic E-state index is 0.0992. The standard InChI is InChI=1S/C25H24ClNO4/c1-16-22(25(29)31-14-13-30-19-9-3-2-4-10-19)23(17-7-5-8-18(26)15-17)24-20(27-16)11-6-12-21(24)28/h2-5,7-10,15,23-24H,6,11-14H2,1H3. The zero-order valence-electron chi connectivity index (χ0n) is 17.3. The van der Waals surface area contributed by atoms with E-state index in [-0.39, 0.29) is 19.0 Å². The molecule has 0 spiro atoms. The molecule has 2 unspecified atom stereocenters. The zero-order chi connectivity index (χ0) is 21.8. The summed E-state index contributed by atoms with van der Waals surface area (Å²) in [6.45, 7) is 2.14. The van der Waals surface area contributed by atoms with Crippen LogP contribution in [0.25, 0.3) is 0 Å². The Bertz CT molecular complexity index is 1040. The highest BCUT2D eigenvalue weighted by atomic mass is 35.5. The average Bonchev–Trinajstić information content (AvgIpc) is 2.76. The lowest BCUT2D eigenvalue weighted by Crippen LogP contribution is -2.39. The quantitative estimate of drug-likeness (QED) is 0.463. The number of benzene rings is 2. The Hall–Kier alpha value is -2.92. The number of nitrogens with zero attached hydrogens (tertiary/aromatic N) is 1. The molecule has 1 saturated carbocycles. The number of allylic oxidation sites excluding steroid dienone is 1. The van der Waals surface area contributed by atoms with Crippen LogP contribution in [0.15, 0.2) is 70.9 Å². The second-order valence-electron chi connectivity index (χ2n) is 7.73. The first-order valence-electron chi connectivity index (χ1n) is 10.5. The van der Waals surface area contributed by atoms with E-state index in [1.54, 1.807) is 13.0 Å². The van der Waals surface area contributed by atoms with Gasteiger partial charge >= 0.3 is 5.97 Å². The Kier molecular flexibility index (Phi) is 6.52. The van der Waals surface area contributed by atoms with E-state index in [0.29, 0.717) is 28.5 Å². The molecule has 6 heteroatoms. The number of Topliss-reactive ketones (excluding diaryl/α,β-unsaturated/α-hetero) is 1. The van der Waals surface area contributed by atoms with Crippen molar-refractivity contribution in [2.24, 2.45) is 10.9 Å². The van der Waals surface area contributed by atoms with E-state index in [4.69, 9.17) is 21.1 Å². The normalized spacial score (nSPS) is 20.7. The molecule has 5 nitrogen and oxygen atoms in total. The van der Waals surface area contributed by atoms with Crippen LogP contribution in [0.2, 0.25) is 5.02 Å². The fourth-order valence-electron chi connectivity index (χ4n) is 4.33. The number of rotatable bonds is 6. The van der Waals surface area contributed by atoms with Gasteiger partial charge in [-0.2, -0.15) is 0 Å². The summed E-state index contributed by atoms with van der Waals surface area (Å²) in [6, 6.07) is 16.7. The number of halogens is 1. The maximum Gasteiger partial charge on any atom is 0.336 e. The number of carbonyl (C=O) groups is 2. The Morgan fingerprint density at radius 2 is 1.87 bits per heavy atom. The summed E-state index contributed by atoms with van der Waals surface area (Å²) in [4.78, 5) is 30.6. The lowest BCUT2D eigenvalue weighted by molar-refractivity contribution is -0.140. The van der Waals surface area contributed by atoms with E-state index in [1.807, 2.05) is 48.5 Å². The molecule has 2 aromatic carbocycles. The fraction of sp³-hybridized carbons (Fsp3) is 0.320. The molecule has 0 saturated heterocycles. The van der Waals surface area contributed by atoms with Crippen molar-refractivity contribution < 1.29 is 19.1 Å². The van der Waals surface area contributed by atoms with Gasteiger partial charge in [-0.3, -0.25) is 9.79 Å². The van der Waals surface area contributed by atoms with Gasteiger partial charge in [-0.25, -0.2) is 4.79 Å². The number of ketones is 1. The van der Waals surface area contributed by atoms with Crippen molar-refractivity contribution in [3.05, 3.63) is 76.5 Å². The fourth-order valence-corrected chi connectivity index (χ4v) is 4.53. The lowest BCUT2D eigenvalue weighted by atomic mass is 9.69. The Labute approximate surface area is 186 Å². The van der Waals surface area contributed by atoms with Crippen molar-refractivity contribution in [2.75, 3.05) is 13.2 Å². The monoisotopic (exact) mass is 437 g/mol. The van der Waals surface area contributed by atoms with E-state index < -0.39 is 17.8 Å². The van der Waals surface area contributed by atoms with Crippen LogP contribution in [0.1, 0.15) is 37.7 Å². The maximum atomic E-state index is 13.1. The second-order valence-corrected chi connectivity index (χ2v) is 8.17. The summed E-state index contributed by atoms with van der Waals surface area (Å²) in [5.74, 6) is -0.536. The first kappa shape index (κ1) is 21.3. The van der Waals surface area contributed by atoms with E-state index >= 15 is 0 Å². The summed E-state index contributed by atoms with van der Waals surface area (Å²) in [7, 11) is 0. The van der Waals surface area contributed by atoms with Crippen molar-refractivity contribution in [3.63, 3.8) is 0 Å². The second kappa shape index (κ2) is 9.48. The van der Waals surface area contributed by atoms with Crippen molar-refractivity contribution in [2.45, 2.75) is 32.1 Å². The van der Waals surface area contributed by atoms with Crippen LogP contribution in [0, 0.1) is 5.92 Å². The van der Waals surface area contributed by atoms with Gasteiger partial charge in [0.2, 0.25) is 0 Å². The molecule has 0 radical (unpaired) electrons. The Morgan fingerprint density at radius 3 is 2.65 bits per heavy atom. The highest BCUT2D eigenvalue weighted by Crippen LogP contribution is 2.43. The molecule has 1 heterocycles. The third-order valence-corrected chi connectivity index (χ3v) is 5.90. The molecule has 0 bridgehead atoms. The van der Waals surface area contributed by atoms with Gasteiger partial charge in [-0.15, -0.1) is 0 Å². The molecule has 1 aliphatic carbocycles. The van der Waals surface area contributed by atoms with Gasteiger partial charge in [-0.05, 0) is 49.6 Å². The van der Waals surface area contributed by atoms with Crippen LogP contribution < -0.4 is 4.74 Å². The first-order valence-corrected chi connectivity index (χ1v) is 10.8. The molecule has 2 atom stereocenters. The zero-order valence-corrected chi connectivity index (χ0v) is 18.1. The van der Waals surface area contributed by atoms with Crippen LogP contribution >= 0.6 is 11.6 Å². The predicted octanol–water partition coefficient (Wildman–Crippen LogP) is 5.14. The molecule has 160 valence electrons. The number of hydrogen-bond donors (Lipinski definition) is 0.